The molecule has 0 radical (unpaired) electrons. The molecule has 172 valence electrons. The van der Waals surface area contributed by atoms with Gasteiger partial charge >= 0.3 is 0 Å². The van der Waals surface area contributed by atoms with Gasteiger partial charge in [0.25, 0.3) is 15.7 Å². The van der Waals surface area contributed by atoms with Gasteiger partial charge < -0.3 is 15.7 Å². The lowest BCUT2D eigenvalue weighted by molar-refractivity contribution is -0.384. The second-order valence-corrected chi connectivity index (χ2v) is 8.91. The van der Waals surface area contributed by atoms with Crippen LogP contribution in [0.4, 0.5) is 22.7 Å². The Morgan fingerprint density at radius 2 is 1.79 bits per heavy atom. The molecular formula is C21H19ClN4O6S. The fourth-order valence-electron chi connectivity index (χ4n) is 2.85. The van der Waals surface area contributed by atoms with E-state index in [2.05, 4.69) is 15.4 Å². The largest absolute Gasteiger partial charge is 0.506 e. The number of phenolic OH excluding ortho intramolecular Hbond substituents is 1. The molecule has 0 spiro atoms. The molecular weight excluding hydrogens is 472 g/mol. The van der Waals surface area contributed by atoms with Crippen molar-refractivity contribution in [1.29, 1.82) is 0 Å². The molecule has 0 atom stereocenters. The summed E-state index contributed by atoms with van der Waals surface area (Å²) in [5.74, 6) is -0.856. The molecule has 0 aliphatic heterocycles. The third-order valence-corrected chi connectivity index (χ3v) is 6.01. The maximum absolute atomic E-state index is 12.7. The van der Waals surface area contributed by atoms with Crippen LogP contribution < -0.4 is 15.4 Å². The molecule has 0 heterocycles. The first-order valence-electron chi connectivity index (χ1n) is 9.54. The van der Waals surface area contributed by atoms with Gasteiger partial charge in [-0.1, -0.05) is 29.8 Å². The van der Waals surface area contributed by atoms with Crippen LogP contribution in [-0.2, 0) is 14.8 Å². The van der Waals surface area contributed by atoms with Crippen molar-refractivity contribution in [2.75, 3.05) is 21.9 Å². The molecule has 33 heavy (non-hydrogen) atoms. The number of hydrogen-bond donors (Lipinski definition) is 4. The number of nitro benzene ring substituents is 1. The summed E-state index contributed by atoms with van der Waals surface area (Å²) in [6.07, 6.45) is -0.0940. The lowest BCUT2D eigenvalue weighted by atomic mass is 10.2. The smallest absolute Gasteiger partial charge is 0.292 e. The van der Waals surface area contributed by atoms with Crippen LogP contribution in [0.1, 0.15) is 6.42 Å². The molecule has 0 aromatic heterocycles. The number of rotatable bonds is 9. The standard InChI is InChI=1S/C21H19ClN4O6S/c22-14-4-3-5-15(12-14)25-33(31,32)16-8-9-20(27)18(13-16)24-21(28)10-11-23-17-6-1-2-7-19(17)26(29)30/h1-9,12-13,23,25,27H,10-11H2,(H,24,28). The van der Waals surface area contributed by atoms with Crippen LogP contribution in [0, 0.1) is 10.1 Å². The van der Waals surface area contributed by atoms with Crippen molar-refractivity contribution in [3.63, 3.8) is 0 Å². The molecule has 4 N–H and O–H groups in total. The number of hydrogen-bond acceptors (Lipinski definition) is 7. The number of para-hydroxylation sites is 2. The third kappa shape index (κ3) is 6.34. The Bertz CT molecular complexity index is 1300. The number of anilines is 3. The second-order valence-electron chi connectivity index (χ2n) is 6.79. The Morgan fingerprint density at radius 1 is 1.03 bits per heavy atom. The number of nitro groups is 1. The second kappa shape index (κ2) is 10.2. The van der Waals surface area contributed by atoms with Gasteiger partial charge in [-0.15, -0.1) is 0 Å². The van der Waals surface area contributed by atoms with Crippen molar-refractivity contribution >= 4 is 50.3 Å². The highest BCUT2D eigenvalue weighted by atomic mass is 35.5. The number of carbonyl (C=O) groups is 1. The molecule has 0 aliphatic rings. The van der Waals surface area contributed by atoms with E-state index >= 15 is 0 Å². The number of aromatic hydroxyl groups is 1. The van der Waals surface area contributed by atoms with Gasteiger partial charge in [0.2, 0.25) is 5.91 Å². The summed E-state index contributed by atoms with van der Waals surface area (Å²) in [5.41, 5.74) is 0.292. The molecule has 0 unspecified atom stereocenters. The third-order valence-electron chi connectivity index (χ3n) is 4.40. The summed E-state index contributed by atoms with van der Waals surface area (Å²) in [4.78, 5) is 22.6. The molecule has 3 aromatic carbocycles. The van der Waals surface area contributed by atoms with Crippen LogP contribution in [-0.4, -0.2) is 30.9 Å². The average Bonchev–Trinajstić information content (AvgIpc) is 2.75. The molecule has 0 bridgehead atoms. The number of sulfonamides is 1. The Balaban J connectivity index is 1.66. The molecule has 3 rings (SSSR count). The molecule has 0 aliphatic carbocycles. The summed E-state index contributed by atoms with van der Waals surface area (Å²) in [6, 6.07) is 15.6. The minimum atomic E-state index is -4.02. The van der Waals surface area contributed by atoms with Crippen molar-refractivity contribution in [2.24, 2.45) is 0 Å². The van der Waals surface area contributed by atoms with Gasteiger partial charge in [0, 0.05) is 24.1 Å². The van der Waals surface area contributed by atoms with Crippen molar-refractivity contribution < 1.29 is 23.2 Å². The van der Waals surface area contributed by atoms with Gasteiger partial charge in [0.15, 0.2) is 0 Å². The van der Waals surface area contributed by atoms with Crippen molar-refractivity contribution in [3.8, 4) is 5.75 Å². The van der Waals surface area contributed by atoms with Gasteiger partial charge in [0.05, 0.1) is 21.2 Å². The number of halogens is 1. The van der Waals surface area contributed by atoms with Crippen LogP contribution in [0.5, 0.6) is 5.75 Å². The quantitative estimate of drug-likeness (QED) is 0.199. The van der Waals surface area contributed by atoms with Crippen LogP contribution in [0.25, 0.3) is 0 Å². The maximum atomic E-state index is 12.7. The Labute approximate surface area is 194 Å². The first kappa shape index (κ1) is 23.8. The zero-order valence-electron chi connectivity index (χ0n) is 17.0. The van der Waals surface area contributed by atoms with E-state index in [0.29, 0.717) is 5.02 Å². The first-order valence-corrected chi connectivity index (χ1v) is 11.4. The molecule has 0 fully saturated rings. The van der Waals surface area contributed by atoms with Crippen molar-refractivity contribution in [3.05, 3.63) is 81.9 Å². The topological polar surface area (TPSA) is 151 Å². The van der Waals surface area contributed by atoms with Crippen molar-refractivity contribution in [2.45, 2.75) is 11.3 Å². The van der Waals surface area contributed by atoms with Gasteiger partial charge in [-0.25, -0.2) is 8.42 Å². The SMILES string of the molecule is O=C(CCNc1ccccc1[N+](=O)[O-])Nc1cc(S(=O)(=O)Nc2cccc(Cl)c2)ccc1O. The monoisotopic (exact) mass is 490 g/mol. The number of benzene rings is 3. The van der Waals surface area contributed by atoms with E-state index < -0.39 is 20.9 Å². The molecule has 1 amide bonds. The molecule has 3 aromatic rings. The van der Waals surface area contributed by atoms with E-state index in [1.807, 2.05) is 0 Å². The lowest BCUT2D eigenvalue weighted by Crippen LogP contribution is -2.17. The number of nitrogens with one attached hydrogen (secondary N) is 3. The van der Waals surface area contributed by atoms with E-state index in [0.717, 1.165) is 12.1 Å². The maximum Gasteiger partial charge on any atom is 0.292 e. The summed E-state index contributed by atoms with van der Waals surface area (Å²) in [7, 11) is -4.02. The summed E-state index contributed by atoms with van der Waals surface area (Å²) < 4.78 is 27.7. The van der Waals surface area contributed by atoms with E-state index in [-0.39, 0.29) is 46.4 Å². The first-order chi connectivity index (χ1) is 15.7. The van der Waals surface area contributed by atoms with E-state index in [9.17, 15) is 28.4 Å². The number of carbonyl (C=O) groups excluding carboxylic acids is 1. The predicted molar refractivity (Wildman–Crippen MR) is 125 cm³/mol. The molecule has 0 saturated heterocycles. The van der Waals surface area contributed by atoms with Gasteiger partial charge in [-0.3, -0.25) is 19.6 Å². The Hall–Kier alpha value is -3.83. The zero-order chi connectivity index (χ0) is 24.0. The molecule has 0 saturated carbocycles. The Kier molecular flexibility index (Phi) is 7.36. The highest BCUT2D eigenvalue weighted by molar-refractivity contribution is 7.92. The summed E-state index contributed by atoms with van der Waals surface area (Å²) in [6.45, 7) is 0.0752. The van der Waals surface area contributed by atoms with Crippen LogP contribution in [0.15, 0.2) is 71.6 Å². The van der Waals surface area contributed by atoms with E-state index in [1.165, 1.54) is 36.4 Å². The van der Waals surface area contributed by atoms with Crippen LogP contribution in [0.2, 0.25) is 5.02 Å². The van der Waals surface area contributed by atoms with Crippen LogP contribution in [0.3, 0.4) is 0 Å². The average molecular weight is 491 g/mol. The number of phenols is 1. The van der Waals surface area contributed by atoms with E-state index in [1.54, 1.807) is 18.2 Å². The molecule has 10 nitrogen and oxygen atoms in total. The van der Waals surface area contributed by atoms with Gasteiger partial charge in [0.1, 0.15) is 11.4 Å². The fourth-order valence-corrected chi connectivity index (χ4v) is 4.12. The van der Waals surface area contributed by atoms with Gasteiger partial charge in [-0.05, 0) is 42.5 Å². The summed E-state index contributed by atoms with van der Waals surface area (Å²) >= 11 is 5.87. The number of nitrogens with zero attached hydrogens (tertiary/aromatic N) is 1. The minimum absolute atomic E-state index is 0.0752. The van der Waals surface area contributed by atoms with Crippen LogP contribution >= 0.6 is 11.6 Å². The van der Waals surface area contributed by atoms with E-state index in [4.69, 9.17) is 11.6 Å². The highest BCUT2D eigenvalue weighted by Gasteiger charge is 2.18. The lowest BCUT2D eigenvalue weighted by Gasteiger charge is -2.12. The predicted octanol–water partition coefficient (Wildman–Crippen LogP) is 4.20. The summed E-state index contributed by atoms with van der Waals surface area (Å²) in [5, 5.41) is 26.7. The highest BCUT2D eigenvalue weighted by Crippen LogP contribution is 2.28. The van der Waals surface area contributed by atoms with Crippen molar-refractivity contribution in [1.82, 2.24) is 0 Å². The fraction of sp³-hybridized carbons (Fsp3) is 0.0952. The zero-order valence-corrected chi connectivity index (χ0v) is 18.6. The Morgan fingerprint density at radius 3 is 2.52 bits per heavy atom. The minimum Gasteiger partial charge on any atom is -0.506 e. The van der Waals surface area contributed by atoms with Gasteiger partial charge in [-0.2, -0.15) is 0 Å². The molecule has 12 heteroatoms. The normalized spacial score (nSPS) is 10.9. The number of amides is 1.